The zero-order chi connectivity index (χ0) is 29.9. The maximum absolute atomic E-state index is 14.5. The SMILES string of the molecule is CC/C=C\C/C=C\C/C=C\C/C=C\C/C=C\C/C=C\CCC(=O)OCC1OC(n2ccc(N)nc2=O)C(F)(F)C1O. The van der Waals surface area contributed by atoms with Crippen LogP contribution in [0.5, 0.6) is 0 Å². The summed E-state index contributed by atoms with van der Waals surface area (Å²) in [5.41, 5.74) is 4.34. The maximum atomic E-state index is 14.5. The highest BCUT2D eigenvalue weighted by Gasteiger charge is 2.60. The molecule has 0 bridgehead atoms. The first-order chi connectivity index (χ1) is 19.8. The van der Waals surface area contributed by atoms with Gasteiger partial charge in [-0.1, -0.05) is 79.8 Å². The van der Waals surface area contributed by atoms with E-state index in [1.807, 2.05) is 18.2 Å². The number of alkyl halides is 2. The molecule has 1 aliphatic rings. The molecule has 10 heteroatoms. The van der Waals surface area contributed by atoms with E-state index in [1.165, 1.54) is 0 Å². The van der Waals surface area contributed by atoms with Gasteiger partial charge in [-0.15, -0.1) is 0 Å². The quantitative estimate of drug-likeness (QED) is 0.180. The summed E-state index contributed by atoms with van der Waals surface area (Å²) in [7, 11) is 0. The van der Waals surface area contributed by atoms with Gasteiger partial charge in [0.25, 0.3) is 0 Å². The monoisotopic (exact) mass is 573 g/mol. The molecule has 0 saturated carbocycles. The van der Waals surface area contributed by atoms with E-state index in [-0.39, 0.29) is 12.2 Å². The minimum Gasteiger partial charge on any atom is -0.463 e. The van der Waals surface area contributed by atoms with Gasteiger partial charge < -0.3 is 20.3 Å². The number of allylic oxidation sites excluding steroid dienone is 12. The van der Waals surface area contributed by atoms with Crippen LogP contribution in [0.15, 0.2) is 90.0 Å². The summed E-state index contributed by atoms with van der Waals surface area (Å²) >= 11 is 0. The third kappa shape index (κ3) is 12.2. The van der Waals surface area contributed by atoms with E-state index in [0.717, 1.165) is 50.8 Å². The molecule has 224 valence electrons. The van der Waals surface area contributed by atoms with E-state index in [1.54, 1.807) is 0 Å². The molecule has 0 radical (unpaired) electrons. The Labute approximate surface area is 240 Å². The molecule has 3 unspecified atom stereocenters. The number of carbonyl (C=O) groups is 1. The van der Waals surface area contributed by atoms with E-state index >= 15 is 0 Å². The topological polar surface area (TPSA) is 117 Å². The fourth-order valence-corrected chi connectivity index (χ4v) is 3.80. The van der Waals surface area contributed by atoms with Crippen molar-refractivity contribution in [1.29, 1.82) is 0 Å². The normalized spacial score (nSPS) is 21.1. The van der Waals surface area contributed by atoms with Crippen molar-refractivity contribution in [2.45, 2.75) is 82.6 Å². The van der Waals surface area contributed by atoms with E-state index in [2.05, 4.69) is 66.6 Å². The zero-order valence-electron chi connectivity index (χ0n) is 23.5. The Kier molecular flexibility index (Phi) is 15.3. The fraction of sp³-hybridized carbons (Fsp3) is 0.452. The number of hydrogen-bond donors (Lipinski definition) is 2. The largest absolute Gasteiger partial charge is 0.463 e. The molecule has 41 heavy (non-hydrogen) atoms. The van der Waals surface area contributed by atoms with Crippen molar-refractivity contribution in [2.75, 3.05) is 12.3 Å². The average molecular weight is 574 g/mol. The minimum absolute atomic E-state index is 0.0478. The van der Waals surface area contributed by atoms with Crippen molar-refractivity contribution < 1.29 is 28.2 Å². The molecule has 1 fully saturated rings. The number of hydrogen-bond acceptors (Lipinski definition) is 7. The number of aliphatic hydroxyl groups excluding tert-OH is 1. The molecule has 0 aliphatic carbocycles. The van der Waals surface area contributed by atoms with Crippen LogP contribution in [0.1, 0.15) is 64.5 Å². The van der Waals surface area contributed by atoms with Gasteiger partial charge in [0, 0.05) is 12.6 Å². The molecule has 0 aromatic carbocycles. The third-order valence-electron chi connectivity index (χ3n) is 6.00. The summed E-state index contributed by atoms with van der Waals surface area (Å²) in [6, 6.07) is 1.16. The number of esters is 1. The average Bonchev–Trinajstić information content (AvgIpc) is 3.16. The van der Waals surface area contributed by atoms with Gasteiger partial charge in [0.05, 0.1) is 0 Å². The molecule has 3 N–H and O–H groups in total. The van der Waals surface area contributed by atoms with Crippen LogP contribution in [0.25, 0.3) is 0 Å². The Morgan fingerprint density at radius 2 is 1.51 bits per heavy atom. The summed E-state index contributed by atoms with van der Waals surface area (Å²) < 4.78 is 39.8. The lowest BCUT2D eigenvalue weighted by Gasteiger charge is -2.20. The van der Waals surface area contributed by atoms with E-state index < -0.39 is 42.6 Å². The van der Waals surface area contributed by atoms with Crippen molar-refractivity contribution in [1.82, 2.24) is 9.55 Å². The first kappa shape index (κ1) is 33.6. The van der Waals surface area contributed by atoms with Crippen molar-refractivity contribution >= 4 is 11.8 Å². The predicted octanol–water partition coefficient (Wildman–Crippen LogP) is 5.74. The minimum atomic E-state index is -3.80. The second kappa shape index (κ2) is 18.7. The Balaban J connectivity index is 1.58. The van der Waals surface area contributed by atoms with Gasteiger partial charge in [-0.3, -0.25) is 9.36 Å². The Morgan fingerprint density at radius 3 is 2.02 bits per heavy atom. The second-order valence-corrected chi connectivity index (χ2v) is 9.33. The lowest BCUT2D eigenvalue weighted by atomic mass is 10.1. The molecule has 1 saturated heterocycles. The number of aromatic nitrogens is 2. The van der Waals surface area contributed by atoms with E-state index in [4.69, 9.17) is 15.2 Å². The summed E-state index contributed by atoms with van der Waals surface area (Å²) in [5, 5.41) is 10.00. The zero-order valence-corrected chi connectivity index (χ0v) is 23.5. The van der Waals surface area contributed by atoms with Crippen LogP contribution in [-0.4, -0.2) is 45.4 Å². The number of anilines is 1. The number of nitrogen functional groups attached to an aromatic ring is 1. The predicted molar refractivity (Wildman–Crippen MR) is 156 cm³/mol. The van der Waals surface area contributed by atoms with Crippen molar-refractivity contribution in [3.05, 3.63) is 95.7 Å². The van der Waals surface area contributed by atoms with Gasteiger partial charge >= 0.3 is 17.6 Å². The van der Waals surface area contributed by atoms with E-state index in [0.29, 0.717) is 11.0 Å². The van der Waals surface area contributed by atoms with Crippen LogP contribution in [0.2, 0.25) is 0 Å². The van der Waals surface area contributed by atoms with Gasteiger partial charge in [0.15, 0.2) is 6.10 Å². The van der Waals surface area contributed by atoms with Crippen molar-refractivity contribution in [3.8, 4) is 0 Å². The second-order valence-electron chi connectivity index (χ2n) is 9.33. The van der Waals surface area contributed by atoms with Crippen LogP contribution in [0.3, 0.4) is 0 Å². The van der Waals surface area contributed by atoms with Crippen LogP contribution < -0.4 is 11.4 Å². The summed E-state index contributed by atoms with van der Waals surface area (Å²) in [6.07, 6.45) is 26.2. The number of nitrogens with zero attached hydrogens (tertiary/aromatic N) is 2. The number of aliphatic hydroxyl groups is 1. The van der Waals surface area contributed by atoms with Crippen molar-refractivity contribution in [3.63, 3.8) is 0 Å². The van der Waals surface area contributed by atoms with Crippen LogP contribution in [0.4, 0.5) is 14.6 Å². The highest BCUT2D eigenvalue weighted by atomic mass is 19.3. The molecule has 0 amide bonds. The standard InChI is InChI=1S/C31H41F2N3O5/c1-2-3-4-5-6-7-8-9-10-11-12-13-14-15-16-17-18-19-20-21-27(37)40-24-25-28(38)31(32,33)29(41-25)36-23-22-26(34)35-30(36)39/h3-4,6-7,9-10,12-13,15-16,18-19,22-23,25,28-29,38H,2,5,8,11,14,17,20-21,24H2,1H3,(H2,34,35,39)/b4-3-,7-6-,10-9-,13-12-,16-15-,19-18-. The fourth-order valence-electron chi connectivity index (χ4n) is 3.80. The van der Waals surface area contributed by atoms with Crippen LogP contribution in [0, 0.1) is 0 Å². The third-order valence-corrected chi connectivity index (χ3v) is 6.00. The Hall–Kier alpha value is -3.63. The van der Waals surface area contributed by atoms with Crippen LogP contribution in [-0.2, 0) is 14.3 Å². The van der Waals surface area contributed by atoms with Crippen molar-refractivity contribution in [2.24, 2.45) is 0 Å². The number of halogens is 2. The van der Waals surface area contributed by atoms with E-state index in [9.17, 15) is 23.5 Å². The molecule has 3 atom stereocenters. The Morgan fingerprint density at radius 1 is 1.00 bits per heavy atom. The highest BCUT2D eigenvalue weighted by Crippen LogP contribution is 2.42. The van der Waals surface area contributed by atoms with Gasteiger partial charge in [-0.25, -0.2) is 4.79 Å². The number of ether oxygens (including phenoxy) is 2. The number of nitrogens with two attached hydrogens (primary N) is 1. The highest BCUT2D eigenvalue weighted by molar-refractivity contribution is 5.69. The molecule has 2 heterocycles. The van der Waals surface area contributed by atoms with Gasteiger partial charge in [-0.2, -0.15) is 13.8 Å². The molecule has 8 nitrogen and oxygen atoms in total. The molecule has 0 spiro atoms. The lowest BCUT2D eigenvalue weighted by Crippen LogP contribution is -2.42. The van der Waals surface area contributed by atoms with Crippen LogP contribution >= 0.6 is 0 Å². The summed E-state index contributed by atoms with van der Waals surface area (Å²) in [6.45, 7) is 1.55. The van der Waals surface area contributed by atoms with Gasteiger partial charge in [0.2, 0.25) is 6.23 Å². The lowest BCUT2D eigenvalue weighted by molar-refractivity contribution is -0.150. The smallest absolute Gasteiger partial charge is 0.351 e. The Bertz CT molecular complexity index is 1170. The first-order valence-corrected chi connectivity index (χ1v) is 13.9. The first-order valence-electron chi connectivity index (χ1n) is 13.9. The van der Waals surface area contributed by atoms with Gasteiger partial charge in [0.1, 0.15) is 18.5 Å². The molecule has 1 aliphatic heterocycles. The molecule has 1 aromatic rings. The maximum Gasteiger partial charge on any atom is 0.351 e. The molecular weight excluding hydrogens is 532 g/mol. The van der Waals surface area contributed by atoms with Gasteiger partial charge in [-0.05, 0) is 51.0 Å². The number of rotatable bonds is 17. The molecule has 1 aromatic heterocycles. The molecular formula is C31H41F2N3O5. The summed E-state index contributed by atoms with van der Waals surface area (Å²) in [4.78, 5) is 27.3. The summed E-state index contributed by atoms with van der Waals surface area (Å²) in [5.74, 6) is -4.55. The molecule has 2 rings (SSSR count). The number of carbonyl (C=O) groups excluding carboxylic acids is 1.